The van der Waals surface area contributed by atoms with Crippen molar-refractivity contribution in [2.24, 2.45) is 0 Å². The molecule has 1 heterocycles. The van der Waals surface area contributed by atoms with Gasteiger partial charge in [-0.3, -0.25) is 4.79 Å². The molecule has 1 aromatic carbocycles. The lowest BCUT2D eigenvalue weighted by Crippen LogP contribution is -2.26. The number of anilines is 1. The predicted molar refractivity (Wildman–Crippen MR) is 84.5 cm³/mol. The quantitative estimate of drug-likeness (QED) is 0.900. The minimum Gasteiger partial charge on any atom is -0.397 e. The molecule has 0 saturated heterocycles. The molecular formula is C15H18BrN3O. The lowest BCUT2D eigenvalue weighted by Gasteiger charge is -2.13. The monoisotopic (exact) mass is 335 g/mol. The van der Waals surface area contributed by atoms with Gasteiger partial charge in [-0.05, 0) is 31.5 Å². The molecule has 4 nitrogen and oxygen atoms in total. The summed E-state index contributed by atoms with van der Waals surface area (Å²) in [6, 6.07) is 9.71. The maximum Gasteiger partial charge on any atom is 0.268 e. The maximum absolute atomic E-state index is 12.3. The molecule has 0 atom stereocenters. The third-order valence-corrected chi connectivity index (χ3v) is 3.83. The summed E-state index contributed by atoms with van der Waals surface area (Å²) < 4.78 is 2.86. The van der Waals surface area contributed by atoms with Crippen molar-refractivity contribution in [3.8, 4) is 0 Å². The Kier molecular flexibility index (Phi) is 4.49. The molecule has 20 heavy (non-hydrogen) atoms. The summed E-state index contributed by atoms with van der Waals surface area (Å²) in [6.45, 7) is 4.51. The third kappa shape index (κ3) is 3.22. The minimum atomic E-state index is -0.119. The number of rotatable bonds is 4. The van der Waals surface area contributed by atoms with E-state index in [1.807, 2.05) is 42.7 Å². The van der Waals surface area contributed by atoms with E-state index in [1.165, 1.54) is 0 Å². The molecule has 0 aliphatic carbocycles. The number of halogens is 1. The highest BCUT2D eigenvalue weighted by Crippen LogP contribution is 2.18. The Morgan fingerprint density at radius 1 is 1.40 bits per heavy atom. The van der Waals surface area contributed by atoms with Gasteiger partial charge >= 0.3 is 0 Å². The molecule has 0 aliphatic heterocycles. The van der Waals surface area contributed by atoms with Gasteiger partial charge in [0.25, 0.3) is 5.91 Å². The lowest BCUT2D eigenvalue weighted by molar-refractivity contribution is 0.0940. The van der Waals surface area contributed by atoms with Crippen LogP contribution in [0.25, 0.3) is 0 Å². The smallest absolute Gasteiger partial charge is 0.268 e. The normalized spacial score (nSPS) is 10.8. The Labute approximate surface area is 127 Å². The number of carbonyl (C=O) groups excluding carboxylic acids is 1. The van der Waals surface area contributed by atoms with E-state index in [1.54, 1.807) is 12.3 Å². The van der Waals surface area contributed by atoms with Gasteiger partial charge in [-0.15, -0.1) is 0 Å². The number of hydrogen-bond donors (Lipinski definition) is 2. The van der Waals surface area contributed by atoms with Crippen LogP contribution in [0.5, 0.6) is 0 Å². The van der Waals surface area contributed by atoms with Crippen LogP contribution < -0.4 is 11.1 Å². The second kappa shape index (κ2) is 6.13. The fourth-order valence-corrected chi connectivity index (χ4v) is 2.44. The number of nitrogen functional groups attached to an aromatic ring is 1. The zero-order valence-corrected chi connectivity index (χ0v) is 13.1. The van der Waals surface area contributed by atoms with Gasteiger partial charge in [0, 0.05) is 23.3 Å². The summed E-state index contributed by atoms with van der Waals surface area (Å²) in [5, 5.41) is 2.92. The number of carbonyl (C=O) groups is 1. The first-order valence-electron chi connectivity index (χ1n) is 6.48. The molecule has 1 aromatic heterocycles. The van der Waals surface area contributed by atoms with Gasteiger partial charge in [-0.25, -0.2) is 0 Å². The molecule has 2 rings (SSSR count). The van der Waals surface area contributed by atoms with Gasteiger partial charge < -0.3 is 15.6 Å². The molecule has 2 aromatic rings. The number of amides is 1. The van der Waals surface area contributed by atoms with Crippen molar-refractivity contribution < 1.29 is 4.79 Å². The van der Waals surface area contributed by atoms with Gasteiger partial charge in [-0.1, -0.05) is 34.1 Å². The largest absolute Gasteiger partial charge is 0.397 e. The van der Waals surface area contributed by atoms with Crippen LogP contribution in [-0.2, 0) is 6.54 Å². The van der Waals surface area contributed by atoms with Crippen molar-refractivity contribution in [2.75, 3.05) is 5.73 Å². The summed E-state index contributed by atoms with van der Waals surface area (Å²) >= 11 is 3.47. The molecule has 0 radical (unpaired) electrons. The van der Waals surface area contributed by atoms with Crippen molar-refractivity contribution in [1.29, 1.82) is 0 Å². The van der Waals surface area contributed by atoms with E-state index < -0.39 is 0 Å². The molecule has 3 N–H and O–H groups in total. The Bertz CT molecular complexity index is 619. The van der Waals surface area contributed by atoms with Crippen LogP contribution in [0.2, 0.25) is 0 Å². The minimum absolute atomic E-state index is 0.119. The van der Waals surface area contributed by atoms with Crippen LogP contribution in [0.1, 0.15) is 35.9 Å². The standard InChI is InChI=1S/C15H18BrN3O/c1-10(2)19-9-12(17)7-14(19)15(20)18-8-11-5-3-4-6-13(11)16/h3-7,9-10H,8,17H2,1-2H3,(H,18,20). The molecular weight excluding hydrogens is 318 g/mol. The molecule has 0 spiro atoms. The average molecular weight is 336 g/mol. The molecule has 106 valence electrons. The molecule has 1 amide bonds. The van der Waals surface area contributed by atoms with E-state index in [0.29, 0.717) is 17.9 Å². The first kappa shape index (κ1) is 14.7. The van der Waals surface area contributed by atoms with Gasteiger partial charge in [0.2, 0.25) is 0 Å². The molecule has 0 unspecified atom stereocenters. The van der Waals surface area contributed by atoms with Gasteiger partial charge in [0.1, 0.15) is 5.69 Å². The van der Waals surface area contributed by atoms with E-state index in [-0.39, 0.29) is 11.9 Å². The van der Waals surface area contributed by atoms with Crippen molar-refractivity contribution in [3.63, 3.8) is 0 Å². The van der Waals surface area contributed by atoms with Crippen LogP contribution in [0.4, 0.5) is 5.69 Å². The number of nitrogens with two attached hydrogens (primary N) is 1. The second-order valence-electron chi connectivity index (χ2n) is 4.93. The zero-order chi connectivity index (χ0) is 14.7. The predicted octanol–water partition coefficient (Wildman–Crippen LogP) is 3.34. The van der Waals surface area contributed by atoms with Crippen molar-refractivity contribution in [1.82, 2.24) is 9.88 Å². The SMILES string of the molecule is CC(C)n1cc(N)cc1C(=O)NCc1ccccc1Br. The Morgan fingerprint density at radius 2 is 2.10 bits per heavy atom. The Hall–Kier alpha value is -1.75. The van der Waals surface area contributed by atoms with Gasteiger partial charge in [-0.2, -0.15) is 0 Å². The molecule has 0 saturated carbocycles. The van der Waals surface area contributed by atoms with Crippen molar-refractivity contribution >= 4 is 27.5 Å². The van der Waals surface area contributed by atoms with Crippen molar-refractivity contribution in [2.45, 2.75) is 26.4 Å². The summed E-state index contributed by atoms with van der Waals surface area (Å²) in [7, 11) is 0. The fraction of sp³-hybridized carbons (Fsp3) is 0.267. The Morgan fingerprint density at radius 3 is 2.75 bits per heavy atom. The van der Waals surface area contributed by atoms with Crippen LogP contribution in [0, 0.1) is 0 Å². The highest BCUT2D eigenvalue weighted by molar-refractivity contribution is 9.10. The summed E-state index contributed by atoms with van der Waals surface area (Å²) in [6.07, 6.45) is 1.79. The first-order chi connectivity index (χ1) is 9.49. The maximum atomic E-state index is 12.3. The number of nitrogens with one attached hydrogen (secondary N) is 1. The number of nitrogens with zero attached hydrogens (tertiary/aromatic N) is 1. The molecule has 0 aliphatic rings. The van der Waals surface area contributed by atoms with E-state index >= 15 is 0 Å². The molecule has 5 heteroatoms. The highest BCUT2D eigenvalue weighted by atomic mass is 79.9. The summed E-state index contributed by atoms with van der Waals surface area (Å²) in [5.74, 6) is -0.119. The van der Waals surface area contributed by atoms with Crippen molar-refractivity contribution in [3.05, 3.63) is 52.3 Å². The van der Waals surface area contributed by atoms with Crippen LogP contribution in [0.15, 0.2) is 41.0 Å². The van der Waals surface area contributed by atoms with E-state index in [4.69, 9.17) is 5.73 Å². The Balaban J connectivity index is 2.11. The molecule has 0 bridgehead atoms. The van der Waals surface area contributed by atoms with Gasteiger partial charge in [0.05, 0.1) is 5.69 Å². The van der Waals surface area contributed by atoms with Gasteiger partial charge in [0.15, 0.2) is 0 Å². The topological polar surface area (TPSA) is 60.0 Å². The zero-order valence-electron chi connectivity index (χ0n) is 11.6. The first-order valence-corrected chi connectivity index (χ1v) is 7.27. The number of benzene rings is 1. The van der Waals surface area contributed by atoms with Crippen LogP contribution in [0.3, 0.4) is 0 Å². The summed E-state index contributed by atoms with van der Waals surface area (Å²) in [5.41, 5.74) is 8.01. The number of hydrogen-bond acceptors (Lipinski definition) is 2. The molecule has 0 fully saturated rings. The number of aromatic nitrogens is 1. The van der Waals surface area contributed by atoms with E-state index in [2.05, 4.69) is 21.2 Å². The van der Waals surface area contributed by atoms with Crippen LogP contribution >= 0.6 is 15.9 Å². The van der Waals surface area contributed by atoms with E-state index in [0.717, 1.165) is 10.0 Å². The summed E-state index contributed by atoms with van der Waals surface area (Å²) in [4.78, 5) is 12.3. The van der Waals surface area contributed by atoms with Crippen LogP contribution in [-0.4, -0.2) is 10.5 Å². The second-order valence-corrected chi connectivity index (χ2v) is 5.79. The average Bonchev–Trinajstić information content (AvgIpc) is 2.80. The highest BCUT2D eigenvalue weighted by Gasteiger charge is 2.14. The lowest BCUT2D eigenvalue weighted by atomic mass is 10.2. The fourth-order valence-electron chi connectivity index (χ4n) is 2.02. The van der Waals surface area contributed by atoms with E-state index in [9.17, 15) is 4.79 Å². The third-order valence-electron chi connectivity index (χ3n) is 3.06.